The van der Waals surface area contributed by atoms with E-state index in [2.05, 4.69) is 0 Å². The Morgan fingerprint density at radius 3 is 1.00 bits per heavy atom. The summed E-state index contributed by atoms with van der Waals surface area (Å²) in [6.45, 7) is 0. The van der Waals surface area contributed by atoms with E-state index in [1.807, 2.05) is 0 Å². The van der Waals surface area contributed by atoms with Gasteiger partial charge in [0.05, 0.1) is 0 Å². The largest absolute Gasteiger partial charge is 0 e. The molecule has 0 aliphatic heterocycles. The second-order valence-electron chi connectivity index (χ2n) is 0. The summed E-state index contributed by atoms with van der Waals surface area (Å²) in [7, 11) is 0. The van der Waals surface area contributed by atoms with Crippen LogP contribution in [0.25, 0.3) is 0 Å². The molecule has 0 fully saturated rings. The molecule has 4 heteroatoms. The van der Waals surface area contributed by atoms with E-state index in [1.54, 1.807) is 0 Å². The molecule has 0 spiro atoms. The fraction of sp³-hybridized carbons (Fsp3) is 0. The van der Waals surface area contributed by atoms with Gasteiger partial charge in [-0.25, -0.2) is 0 Å². The average Bonchev–Trinajstić information content (AvgIpc) is 0. The van der Waals surface area contributed by atoms with Crippen LogP contribution in [0.2, 0.25) is 0 Å². The summed E-state index contributed by atoms with van der Waals surface area (Å²) < 4.78 is 0. The van der Waals surface area contributed by atoms with Crippen LogP contribution in [0.5, 0.6) is 0 Å². The summed E-state index contributed by atoms with van der Waals surface area (Å²) in [4.78, 5) is 0. The van der Waals surface area contributed by atoms with Gasteiger partial charge in [0, 0.05) is 124 Å². The van der Waals surface area contributed by atoms with Gasteiger partial charge in [-0.05, 0) is 0 Å². The Balaban J connectivity index is 0. The van der Waals surface area contributed by atoms with E-state index >= 15 is 0 Å². The summed E-state index contributed by atoms with van der Waals surface area (Å²) in [5.41, 5.74) is 0. The quantitative estimate of drug-likeness (QED) is 0.534. The van der Waals surface area contributed by atoms with Gasteiger partial charge in [0.2, 0.25) is 0 Å². The van der Waals surface area contributed by atoms with Crippen LogP contribution in [0, 0.1) is 41.7 Å². The first-order valence-electron chi connectivity index (χ1n) is 0. The van der Waals surface area contributed by atoms with Crippen molar-refractivity contribution >= 4 is 37.7 Å². The second-order valence-corrected chi connectivity index (χ2v) is 0. The van der Waals surface area contributed by atoms with E-state index in [1.165, 1.54) is 0 Å². The molecule has 0 atom stereocenters. The molecule has 4 heavy (non-hydrogen) atoms. The predicted molar refractivity (Wildman–Crippen MR) is 5.75 cm³/mol. The van der Waals surface area contributed by atoms with Gasteiger partial charge in [0.25, 0.3) is 0 Å². The molecule has 0 amide bonds. The fourth-order valence-corrected chi connectivity index (χ4v) is 0. The van der Waals surface area contributed by atoms with Crippen LogP contribution in [0.15, 0.2) is 0 Å². The van der Waals surface area contributed by atoms with E-state index in [-0.39, 0.29) is 124 Å². The number of rotatable bonds is 0. The maximum absolute atomic E-state index is 0. The fourth-order valence-electron chi connectivity index (χ4n) is 0. The first-order chi connectivity index (χ1) is 0. The van der Waals surface area contributed by atoms with Gasteiger partial charge in [-0.15, -0.1) is 0 Å². The Morgan fingerprint density at radius 2 is 1.00 bits per heavy atom. The van der Waals surface area contributed by atoms with Crippen LogP contribution in [-0.4, -0.2) is 37.7 Å². The minimum Gasteiger partial charge on any atom is 0 e. The smallest absolute Gasteiger partial charge is 0 e. The van der Waals surface area contributed by atoms with Crippen LogP contribution < -0.4 is 0 Å². The van der Waals surface area contributed by atoms with Gasteiger partial charge < -0.3 is 0 Å². The van der Waals surface area contributed by atoms with Crippen LogP contribution in [0.4, 0.5) is 0 Å². The van der Waals surface area contributed by atoms with E-state index in [9.17, 15) is 0 Å². The molecule has 0 aromatic carbocycles. The number of hydrogen-bond donors (Lipinski definition) is 0. The predicted octanol–water partition coefficient (Wildman–Crippen LogP) is -0.386. The molecular formula is CaCeNbTi. The van der Waals surface area contributed by atoms with Gasteiger partial charge in [-0.3, -0.25) is 0 Å². The van der Waals surface area contributed by atoms with Gasteiger partial charge >= 0.3 is 0 Å². The molecule has 0 bridgehead atoms. The van der Waals surface area contributed by atoms with Crippen molar-refractivity contribution in [3.05, 3.63) is 0 Å². The van der Waals surface area contributed by atoms with Crippen molar-refractivity contribution in [3.63, 3.8) is 0 Å². The molecule has 0 saturated heterocycles. The summed E-state index contributed by atoms with van der Waals surface area (Å²) in [6, 6.07) is 0. The molecule has 0 aromatic heterocycles. The van der Waals surface area contributed by atoms with E-state index < -0.39 is 0 Å². The van der Waals surface area contributed by atoms with Gasteiger partial charge in [0.15, 0.2) is 0 Å². The first-order valence-corrected chi connectivity index (χ1v) is 0. The first kappa shape index (κ1) is 24.3. The SMILES string of the molecule is [Ca].[Ce].[Nb].[Ti]. The summed E-state index contributed by atoms with van der Waals surface area (Å²) >= 11 is 0. The molecule has 0 N–H and O–H groups in total. The Bertz CT molecular complexity index is 8.00. The Labute approximate surface area is 120 Å². The maximum atomic E-state index is 0. The number of hydrogen-bond acceptors (Lipinski definition) is 0. The molecule has 0 saturated carbocycles. The molecule has 0 aliphatic rings. The van der Waals surface area contributed by atoms with Gasteiger partial charge in [-0.1, -0.05) is 0 Å². The van der Waals surface area contributed by atoms with Crippen molar-refractivity contribution in [2.75, 3.05) is 0 Å². The Morgan fingerprint density at radius 1 is 1.00 bits per heavy atom. The van der Waals surface area contributed by atoms with Crippen LogP contribution in [0.1, 0.15) is 0 Å². The molecule has 0 heterocycles. The Kier molecular flexibility index (Phi) is 95.5. The molecule has 0 rings (SSSR count). The summed E-state index contributed by atoms with van der Waals surface area (Å²) in [5.74, 6) is 0. The maximum Gasteiger partial charge on any atom is 0 e. The van der Waals surface area contributed by atoms with Crippen LogP contribution in [-0.2, 0) is 44.1 Å². The molecule has 0 nitrogen and oxygen atoms in total. The average molecular weight is 321 g/mol. The molecule has 0 aromatic rings. The van der Waals surface area contributed by atoms with E-state index in [0.29, 0.717) is 0 Å². The summed E-state index contributed by atoms with van der Waals surface area (Å²) in [6.07, 6.45) is 0. The summed E-state index contributed by atoms with van der Waals surface area (Å²) in [5, 5.41) is 0. The zero-order valence-corrected chi connectivity index (χ0v) is 11.3. The van der Waals surface area contributed by atoms with Crippen molar-refractivity contribution in [2.45, 2.75) is 0 Å². The monoisotopic (exact) mass is 321 g/mol. The van der Waals surface area contributed by atoms with E-state index in [0.717, 1.165) is 0 Å². The second kappa shape index (κ2) is 15.7. The zero-order chi connectivity index (χ0) is 0. The molecule has 15 valence electrons. The van der Waals surface area contributed by atoms with Crippen molar-refractivity contribution in [1.29, 1.82) is 0 Å². The molecule has 3 radical (unpaired) electrons. The topological polar surface area (TPSA) is 0 Å². The van der Waals surface area contributed by atoms with Crippen LogP contribution >= 0.6 is 0 Å². The standard InChI is InChI=1S/Ca.Ce.Nb.Ti. The van der Waals surface area contributed by atoms with Gasteiger partial charge in [-0.2, -0.15) is 0 Å². The zero-order valence-electron chi connectivity index (χ0n) is 2.15. The molecule has 0 aliphatic carbocycles. The third-order valence-electron chi connectivity index (χ3n) is 0. The third kappa shape index (κ3) is 9.43. The van der Waals surface area contributed by atoms with Crippen molar-refractivity contribution in [3.8, 4) is 0 Å². The minimum absolute atomic E-state index is 0. The van der Waals surface area contributed by atoms with Gasteiger partial charge in [0.1, 0.15) is 0 Å². The van der Waals surface area contributed by atoms with Crippen molar-refractivity contribution < 1.29 is 85.8 Å². The van der Waals surface area contributed by atoms with E-state index in [4.69, 9.17) is 0 Å². The molecule has 0 unspecified atom stereocenters. The minimum atomic E-state index is 0. The van der Waals surface area contributed by atoms with Crippen LogP contribution in [0.3, 0.4) is 0 Å². The third-order valence-corrected chi connectivity index (χ3v) is 0. The van der Waals surface area contributed by atoms with Crippen molar-refractivity contribution in [1.82, 2.24) is 0 Å². The normalized spacial score (nSPS) is 0. The Hall–Kier alpha value is 4.09. The van der Waals surface area contributed by atoms with Crippen molar-refractivity contribution in [2.24, 2.45) is 0 Å². The molecular weight excluding hydrogens is 321 g/mol.